The summed E-state index contributed by atoms with van der Waals surface area (Å²) in [4.78, 5) is 49.0. The van der Waals surface area contributed by atoms with Gasteiger partial charge in [0.15, 0.2) is 11.7 Å². The van der Waals surface area contributed by atoms with Crippen LogP contribution in [0.1, 0.15) is 10.4 Å². The number of ketones is 1. The highest BCUT2D eigenvalue weighted by molar-refractivity contribution is 6.30. The van der Waals surface area contributed by atoms with Crippen molar-refractivity contribution in [2.75, 3.05) is 16.8 Å². The fourth-order valence-corrected chi connectivity index (χ4v) is 2.61. The van der Waals surface area contributed by atoms with Crippen molar-refractivity contribution in [2.45, 2.75) is 0 Å². The average Bonchev–Trinajstić information content (AvgIpc) is 2.90. The van der Waals surface area contributed by atoms with Crippen molar-refractivity contribution in [2.24, 2.45) is 5.92 Å². The van der Waals surface area contributed by atoms with E-state index < -0.39 is 29.5 Å². The van der Waals surface area contributed by atoms with Crippen LogP contribution in [0.2, 0.25) is 0 Å². The van der Waals surface area contributed by atoms with E-state index in [1.54, 1.807) is 30.3 Å². The number of hydrogen-bond donors (Lipinski definition) is 2. The molecule has 1 saturated heterocycles. The van der Waals surface area contributed by atoms with E-state index in [0.717, 1.165) is 0 Å². The maximum atomic E-state index is 12.5. The third-order valence-corrected chi connectivity index (χ3v) is 3.88. The predicted molar refractivity (Wildman–Crippen MR) is 89.3 cm³/mol. The third kappa shape index (κ3) is 3.25. The highest BCUT2D eigenvalue weighted by atomic mass is 16.4. The van der Waals surface area contributed by atoms with Crippen LogP contribution in [0.4, 0.5) is 11.4 Å². The van der Waals surface area contributed by atoms with Crippen molar-refractivity contribution in [3.05, 3.63) is 60.2 Å². The van der Waals surface area contributed by atoms with Gasteiger partial charge < -0.3 is 15.3 Å². The average molecular weight is 338 g/mol. The molecule has 1 unspecified atom stereocenters. The molecular weight excluding hydrogens is 324 g/mol. The Labute approximate surface area is 142 Å². The maximum Gasteiger partial charge on any atom is 0.335 e. The minimum atomic E-state index is -1.40. The number of amides is 2. The number of carbonyl (C=O) groups excluding carboxylic acids is 3. The second-order valence-corrected chi connectivity index (χ2v) is 5.53. The first-order valence-electron chi connectivity index (χ1n) is 7.51. The molecular formula is C18H14N2O5. The second kappa shape index (κ2) is 6.56. The van der Waals surface area contributed by atoms with Crippen LogP contribution in [0.5, 0.6) is 0 Å². The van der Waals surface area contributed by atoms with Gasteiger partial charge in [0.2, 0.25) is 11.8 Å². The summed E-state index contributed by atoms with van der Waals surface area (Å²) in [6.07, 6.45) is 0. The first-order chi connectivity index (χ1) is 12.0. The standard InChI is InChI=1S/C18H14N2O5/c21-14-10-20(13-4-2-1-3-5-13)17(23)15(14)16(22)19-12-8-6-11(7-9-12)18(24)25/h1-9,15H,10H2,(H,19,22)(H,24,25). The van der Waals surface area contributed by atoms with Crippen LogP contribution >= 0.6 is 0 Å². The Morgan fingerprint density at radius 1 is 1.00 bits per heavy atom. The number of nitrogens with one attached hydrogen (secondary N) is 1. The molecule has 1 fully saturated rings. The number of carbonyl (C=O) groups is 4. The van der Waals surface area contributed by atoms with Crippen molar-refractivity contribution in [3.8, 4) is 0 Å². The zero-order valence-electron chi connectivity index (χ0n) is 13.0. The summed E-state index contributed by atoms with van der Waals surface area (Å²) in [7, 11) is 0. The summed E-state index contributed by atoms with van der Waals surface area (Å²) in [6.45, 7) is -0.154. The van der Waals surface area contributed by atoms with Gasteiger partial charge in [0, 0.05) is 11.4 Å². The Kier molecular flexibility index (Phi) is 4.30. The number of para-hydroxylation sites is 1. The lowest BCUT2D eigenvalue weighted by atomic mass is 10.1. The summed E-state index contributed by atoms with van der Waals surface area (Å²) in [5.41, 5.74) is 0.942. The minimum absolute atomic E-state index is 0.0706. The van der Waals surface area contributed by atoms with E-state index in [9.17, 15) is 19.2 Å². The smallest absolute Gasteiger partial charge is 0.335 e. The highest BCUT2D eigenvalue weighted by Crippen LogP contribution is 2.24. The molecule has 1 aliphatic rings. The van der Waals surface area contributed by atoms with E-state index in [-0.39, 0.29) is 12.1 Å². The van der Waals surface area contributed by atoms with E-state index in [2.05, 4.69) is 5.32 Å². The first-order valence-corrected chi connectivity index (χ1v) is 7.51. The van der Waals surface area contributed by atoms with Crippen LogP contribution in [0, 0.1) is 5.92 Å². The summed E-state index contributed by atoms with van der Waals surface area (Å²) >= 11 is 0. The molecule has 7 heteroatoms. The van der Waals surface area contributed by atoms with Crippen LogP contribution in [-0.4, -0.2) is 35.2 Å². The summed E-state index contributed by atoms with van der Waals surface area (Å²) in [5.74, 6) is -4.27. The Morgan fingerprint density at radius 3 is 2.24 bits per heavy atom. The van der Waals surface area contributed by atoms with E-state index >= 15 is 0 Å². The molecule has 0 radical (unpaired) electrons. The van der Waals surface area contributed by atoms with Gasteiger partial charge in [0.25, 0.3) is 0 Å². The monoisotopic (exact) mass is 338 g/mol. The predicted octanol–water partition coefficient (Wildman–Crippen LogP) is 1.56. The number of carboxylic acid groups (broad SMARTS) is 1. The SMILES string of the molecule is O=C(O)c1ccc(NC(=O)C2C(=O)CN(c3ccccc3)C2=O)cc1. The van der Waals surface area contributed by atoms with E-state index in [4.69, 9.17) is 5.11 Å². The van der Waals surface area contributed by atoms with Gasteiger partial charge in [-0.1, -0.05) is 18.2 Å². The van der Waals surface area contributed by atoms with Crippen LogP contribution in [0.25, 0.3) is 0 Å². The quantitative estimate of drug-likeness (QED) is 0.823. The topological polar surface area (TPSA) is 104 Å². The molecule has 3 rings (SSSR count). The van der Waals surface area contributed by atoms with Gasteiger partial charge in [-0.05, 0) is 36.4 Å². The summed E-state index contributed by atoms with van der Waals surface area (Å²) in [5, 5.41) is 11.3. The molecule has 7 nitrogen and oxygen atoms in total. The van der Waals surface area contributed by atoms with E-state index in [1.807, 2.05) is 0 Å². The molecule has 2 aromatic carbocycles. The normalized spacial score (nSPS) is 16.8. The zero-order chi connectivity index (χ0) is 18.0. The van der Waals surface area contributed by atoms with Gasteiger partial charge >= 0.3 is 5.97 Å². The van der Waals surface area contributed by atoms with Crippen molar-refractivity contribution < 1.29 is 24.3 Å². The van der Waals surface area contributed by atoms with Gasteiger partial charge in [-0.3, -0.25) is 14.4 Å². The molecule has 0 aromatic heterocycles. The second-order valence-electron chi connectivity index (χ2n) is 5.53. The molecule has 0 bridgehead atoms. The number of Topliss-reactive ketones (excluding diaryl/α,β-unsaturated/α-hetero) is 1. The Morgan fingerprint density at radius 2 is 1.64 bits per heavy atom. The van der Waals surface area contributed by atoms with Crippen molar-refractivity contribution in [3.63, 3.8) is 0 Å². The minimum Gasteiger partial charge on any atom is -0.478 e. The summed E-state index contributed by atoms with van der Waals surface area (Å²) in [6, 6.07) is 14.1. The number of rotatable bonds is 4. The van der Waals surface area contributed by atoms with Gasteiger partial charge in [-0.15, -0.1) is 0 Å². The maximum absolute atomic E-state index is 12.5. The van der Waals surface area contributed by atoms with Gasteiger partial charge in [0.1, 0.15) is 0 Å². The molecule has 0 aliphatic carbocycles. The van der Waals surface area contributed by atoms with Crippen LogP contribution < -0.4 is 10.2 Å². The fourth-order valence-electron chi connectivity index (χ4n) is 2.61. The first kappa shape index (κ1) is 16.4. The molecule has 2 aromatic rings. The number of benzene rings is 2. The molecule has 25 heavy (non-hydrogen) atoms. The lowest BCUT2D eigenvalue weighted by Gasteiger charge is -2.15. The van der Waals surface area contributed by atoms with Crippen molar-refractivity contribution >= 4 is 34.9 Å². The number of hydrogen-bond acceptors (Lipinski definition) is 4. The molecule has 2 N–H and O–H groups in total. The molecule has 2 amide bonds. The van der Waals surface area contributed by atoms with Crippen LogP contribution in [0.3, 0.4) is 0 Å². The van der Waals surface area contributed by atoms with Gasteiger partial charge in [-0.2, -0.15) is 0 Å². The number of nitrogens with zero attached hydrogens (tertiary/aromatic N) is 1. The largest absolute Gasteiger partial charge is 0.478 e. The number of carboxylic acids is 1. The van der Waals surface area contributed by atoms with Crippen LogP contribution in [-0.2, 0) is 14.4 Å². The Bertz CT molecular complexity index is 846. The lowest BCUT2D eigenvalue weighted by molar-refractivity contribution is -0.134. The Balaban J connectivity index is 1.74. The highest BCUT2D eigenvalue weighted by Gasteiger charge is 2.44. The van der Waals surface area contributed by atoms with Crippen molar-refractivity contribution in [1.29, 1.82) is 0 Å². The number of anilines is 2. The van der Waals surface area contributed by atoms with E-state index in [1.165, 1.54) is 29.2 Å². The molecule has 1 heterocycles. The molecule has 0 spiro atoms. The number of aromatic carboxylic acids is 1. The fraction of sp³-hybridized carbons (Fsp3) is 0.111. The molecule has 0 saturated carbocycles. The zero-order valence-corrected chi connectivity index (χ0v) is 13.0. The third-order valence-electron chi connectivity index (χ3n) is 3.88. The molecule has 1 aliphatic heterocycles. The molecule has 1 atom stereocenters. The van der Waals surface area contributed by atoms with Gasteiger partial charge in [0.05, 0.1) is 12.1 Å². The summed E-state index contributed by atoms with van der Waals surface area (Å²) < 4.78 is 0. The van der Waals surface area contributed by atoms with Crippen LogP contribution in [0.15, 0.2) is 54.6 Å². The molecule has 126 valence electrons. The Hall–Kier alpha value is -3.48. The lowest BCUT2D eigenvalue weighted by Crippen LogP contribution is -2.34. The van der Waals surface area contributed by atoms with Gasteiger partial charge in [-0.25, -0.2) is 4.79 Å². The van der Waals surface area contributed by atoms with Crippen molar-refractivity contribution in [1.82, 2.24) is 0 Å². The van der Waals surface area contributed by atoms with E-state index in [0.29, 0.717) is 11.4 Å².